The summed E-state index contributed by atoms with van der Waals surface area (Å²) in [6.07, 6.45) is 41.2. The van der Waals surface area contributed by atoms with E-state index in [2.05, 4.69) is 19.3 Å². The summed E-state index contributed by atoms with van der Waals surface area (Å²) in [4.78, 5) is 0. The first-order valence-corrected chi connectivity index (χ1v) is 15.6. The summed E-state index contributed by atoms with van der Waals surface area (Å²) < 4.78 is 0. The van der Waals surface area contributed by atoms with E-state index in [0.29, 0.717) is 0 Å². The highest BCUT2D eigenvalue weighted by Crippen LogP contribution is 2.16. The van der Waals surface area contributed by atoms with Crippen molar-refractivity contribution in [3.63, 3.8) is 0 Å². The fraction of sp³-hybridized carbons (Fsp3) is 1.00. The van der Waals surface area contributed by atoms with Crippen molar-refractivity contribution in [3.05, 3.63) is 0 Å². The fourth-order valence-corrected chi connectivity index (χ4v) is 4.97. The van der Waals surface area contributed by atoms with Crippen LogP contribution in [0.3, 0.4) is 0 Å². The van der Waals surface area contributed by atoms with Gasteiger partial charge < -0.3 is 5.32 Å². The van der Waals surface area contributed by atoms with Crippen LogP contribution in [0.5, 0.6) is 0 Å². The maximum Gasteiger partial charge on any atom is -0.00519 e. The molecule has 0 aliphatic heterocycles. The van der Waals surface area contributed by atoms with Crippen molar-refractivity contribution in [2.75, 3.05) is 13.6 Å². The zero-order chi connectivity index (χ0) is 23.2. The zero-order valence-electron chi connectivity index (χ0n) is 23.0. The number of rotatable bonds is 29. The number of hydrogen-bond acceptors (Lipinski definition) is 1. The Bertz CT molecular complexity index is 271. The molecule has 0 aliphatic carbocycles. The van der Waals surface area contributed by atoms with Gasteiger partial charge in [-0.2, -0.15) is 0 Å². The number of nitrogens with one attached hydrogen (secondary N) is 1. The Morgan fingerprint density at radius 2 is 0.469 bits per heavy atom. The second-order valence-corrected chi connectivity index (χ2v) is 10.6. The molecule has 1 heteroatoms. The first kappa shape index (κ1) is 32.0. The Kier molecular flexibility index (Phi) is 30.9. The molecule has 0 spiro atoms. The van der Waals surface area contributed by atoms with Gasteiger partial charge in [-0.05, 0) is 20.0 Å². The van der Waals surface area contributed by atoms with E-state index in [-0.39, 0.29) is 0 Å². The highest BCUT2D eigenvalue weighted by atomic mass is 14.8. The smallest absolute Gasteiger partial charge is 0.00519 e. The number of unbranched alkanes of at least 4 members (excludes halogenated alkanes) is 27. The molecule has 1 N–H and O–H groups in total. The Balaban J connectivity index is 2.98. The molecular formula is C31H65N. The Morgan fingerprint density at radius 1 is 0.281 bits per heavy atom. The minimum Gasteiger partial charge on any atom is -0.320 e. The molecule has 0 bridgehead atoms. The van der Waals surface area contributed by atoms with Gasteiger partial charge in [-0.3, -0.25) is 0 Å². The minimum absolute atomic E-state index is 1.19. The highest BCUT2D eigenvalue weighted by Gasteiger charge is 1.96. The van der Waals surface area contributed by atoms with E-state index in [1.807, 2.05) is 0 Å². The van der Waals surface area contributed by atoms with Crippen molar-refractivity contribution in [3.8, 4) is 0 Å². The van der Waals surface area contributed by atoms with Crippen LogP contribution in [-0.4, -0.2) is 13.6 Å². The van der Waals surface area contributed by atoms with Gasteiger partial charge in [-0.1, -0.05) is 180 Å². The second kappa shape index (κ2) is 31.0. The predicted molar refractivity (Wildman–Crippen MR) is 149 cm³/mol. The molecule has 0 amide bonds. The van der Waals surface area contributed by atoms with Crippen LogP contribution in [0.2, 0.25) is 0 Å². The zero-order valence-corrected chi connectivity index (χ0v) is 23.0. The highest BCUT2D eigenvalue weighted by molar-refractivity contribution is 4.52. The Hall–Kier alpha value is -0.0400. The normalized spacial score (nSPS) is 11.4. The van der Waals surface area contributed by atoms with Crippen LogP contribution in [0.4, 0.5) is 0 Å². The van der Waals surface area contributed by atoms with E-state index in [9.17, 15) is 0 Å². The quantitative estimate of drug-likeness (QED) is 0.111. The molecule has 1 nitrogen and oxygen atoms in total. The predicted octanol–water partition coefficient (Wildman–Crippen LogP) is 11.1. The van der Waals surface area contributed by atoms with Crippen LogP contribution in [0.1, 0.15) is 187 Å². The third-order valence-electron chi connectivity index (χ3n) is 7.28. The molecule has 0 aromatic heterocycles. The molecule has 0 saturated carbocycles. The van der Waals surface area contributed by atoms with E-state index in [1.54, 1.807) is 0 Å². The summed E-state index contributed by atoms with van der Waals surface area (Å²) in [5, 5.41) is 3.24. The standard InChI is InChI=1S/C31H65N/c1-3-4-5-6-7-8-9-10-11-12-13-14-15-16-17-18-19-20-21-22-23-24-25-26-27-28-29-30-31-32-2/h32H,3-31H2,1-2H3. The first-order chi connectivity index (χ1) is 15.9. The van der Waals surface area contributed by atoms with Gasteiger partial charge in [0, 0.05) is 0 Å². The van der Waals surface area contributed by atoms with Crippen molar-refractivity contribution >= 4 is 0 Å². The van der Waals surface area contributed by atoms with Crippen molar-refractivity contribution < 1.29 is 0 Å². The summed E-state index contributed by atoms with van der Waals surface area (Å²) in [5.74, 6) is 0. The summed E-state index contributed by atoms with van der Waals surface area (Å²) >= 11 is 0. The Labute approximate surface area is 205 Å². The molecule has 0 unspecified atom stereocenters. The van der Waals surface area contributed by atoms with E-state index in [1.165, 1.54) is 186 Å². The van der Waals surface area contributed by atoms with Crippen LogP contribution in [-0.2, 0) is 0 Å². The molecule has 0 radical (unpaired) electrons. The average molecular weight is 452 g/mol. The van der Waals surface area contributed by atoms with Gasteiger partial charge in [-0.25, -0.2) is 0 Å². The topological polar surface area (TPSA) is 12.0 Å². The van der Waals surface area contributed by atoms with Gasteiger partial charge >= 0.3 is 0 Å². The van der Waals surface area contributed by atoms with E-state index in [4.69, 9.17) is 0 Å². The van der Waals surface area contributed by atoms with Gasteiger partial charge in [0.05, 0.1) is 0 Å². The van der Waals surface area contributed by atoms with Crippen molar-refractivity contribution in [1.82, 2.24) is 5.32 Å². The molecule has 0 aromatic carbocycles. The third kappa shape index (κ3) is 30.0. The second-order valence-electron chi connectivity index (χ2n) is 10.6. The van der Waals surface area contributed by atoms with Gasteiger partial charge in [-0.15, -0.1) is 0 Å². The van der Waals surface area contributed by atoms with E-state index >= 15 is 0 Å². The molecule has 0 saturated heterocycles. The largest absolute Gasteiger partial charge is 0.320 e. The SMILES string of the molecule is CCCCCCCCCCCCCCCCCCCCCCCCCCCCCCNC. The first-order valence-electron chi connectivity index (χ1n) is 15.6. The monoisotopic (exact) mass is 452 g/mol. The molecule has 32 heavy (non-hydrogen) atoms. The van der Waals surface area contributed by atoms with E-state index in [0.717, 1.165) is 0 Å². The van der Waals surface area contributed by atoms with Gasteiger partial charge in [0.25, 0.3) is 0 Å². The maximum absolute atomic E-state index is 3.24. The molecule has 194 valence electrons. The van der Waals surface area contributed by atoms with Crippen LogP contribution in [0, 0.1) is 0 Å². The van der Waals surface area contributed by atoms with Gasteiger partial charge in [0.2, 0.25) is 0 Å². The van der Waals surface area contributed by atoms with E-state index < -0.39 is 0 Å². The molecule has 0 rings (SSSR count). The lowest BCUT2D eigenvalue weighted by Crippen LogP contribution is -2.06. The number of hydrogen-bond donors (Lipinski definition) is 1. The van der Waals surface area contributed by atoms with Crippen LogP contribution < -0.4 is 5.32 Å². The summed E-state index contributed by atoms with van der Waals surface area (Å²) in [7, 11) is 2.06. The van der Waals surface area contributed by atoms with Crippen molar-refractivity contribution in [2.45, 2.75) is 187 Å². The molecule has 0 atom stereocenters. The fourth-order valence-electron chi connectivity index (χ4n) is 4.97. The minimum atomic E-state index is 1.19. The van der Waals surface area contributed by atoms with Crippen LogP contribution in [0.25, 0.3) is 0 Å². The van der Waals surface area contributed by atoms with Crippen molar-refractivity contribution in [1.29, 1.82) is 0 Å². The van der Waals surface area contributed by atoms with Crippen LogP contribution >= 0.6 is 0 Å². The summed E-state index contributed by atoms with van der Waals surface area (Å²) in [6.45, 7) is 3.50. The average Bonchev–Trinajstić information content (AvgIpc) is 2.81. The van der Waals surface area contributed by atoms with Gasteiger partial charge in [0.15, 0.2) is 0 Å². The molecule has 0 fully saturated rings. The van der Waals surface area contributed by atoms with Crippen LogP contribution in [0.15, 0.2) is 0 Å². The lowest BCUT2D eigenvalue weighted by atomic mass is 10.0. The third-order valence-corrected chi connectivity index (χ3v) is 7.28. The Morgan fingerprint density at radius 3 is 0.656 bits per heavy atom. The summed E-state index contributed by atoms with van der Waals surface area (Å²) in [6, 6.07) is 0. The molecule has 0 heterocycles. The maximum atomic E-state index is 3.24. The lowest BCUT2D eigenvalue weighted by Gasteiger charge is -2.04. The summed E-state index contributed by atoms with van der Waals surface area (Å²) in [5.41, 5.74) is 0. The molecular weight excluding hydrogens is 386 g/mol. The van der Waals surface area contributed by atoms with Crippen molar-refractivity contribution in [2.24, 2.45) is 0 Å². The molecule has 0 aromatic rings. The molecule has 0 aliphatic rings. The van der Waals surface area contributed by atoms with Gasteiger partial charge in [0.1, 0.15) is 0 Å². The lowest BCUT2D eigenvalue weighted by molar-refractivity contribution is 0.513.